The van der Waals surface area contributed by atoms with Crippen LogP contribution in [0.5, 0.6) is 0 Å². The number of ketones is 1. The lowest BCUT2D eigenvalue weighted by atomic mass is 9.56. The summed E-state index contributed by atoms with van der Waals surface area (Å²) in [6.45, 7) is 16.9. The monoisotopic (exact) mass is 508 g/mol. The van der Waals surface area contributed by atoms with Crippen LogP contribution in [0.1, 0.15) is 107 Å². The summed E-state index contributed by atoms with van der Waals surface area (Å²) in [5.74, 6) is 0.543. The molecule has 1 aliphatic heterocycles. The fourth-order valence-electron chi connectivity index (χ4n) is 7.99. The summed E-state index contributed by atoms with van der Waals surface area (Å²) in [7, 11) is 0. The number of aliphatic carboxylic acids is 1. The van der Waals surface area contributed by atoms with Gasteiger partial charge in [0.15, 0.2) is 5.78 Å². The largest absolute Gasteiger partial charge is 0.481 e. The summed E-state index contributed by atoms with van der Waals surface area (Å²) in [4.78, 5) is 35.8. The van der Waals surface area contributed by atoms with Crippen LogP contribution in [-0.4, -0.2) is 42.1 Å². The molecule has 0 radical (unpaired) electrons. The highest BCUT2D eigenvalue weighted by atomic mass is 16.5. The Bertz CT molecular complexity index is 765. The van der Waals surface area contributed by atoms with E-state index in [0.717, 1.165) is 58.0 Å². The van der Waals surface area contributed by atoms with Crippen LogP contribution >= 0.6 is 0 Å². The van der Waals surface area contributed by atoms with E-state index in [2.05, 4.69) is 20.8 Å². The third-order valence-electron chi connectivity index (χ3n) is 10.0. The van der Waals surface area contributed by atoms with E-state index in [1.165, 1.54) is 6.92 Å². The predicted octanol–water partition coefficient (Wildman–Crippen LogP) is 6.55. The highest BCUT2D eigenvalue weighted by molar-refractivity contribution is 5.85. The maximum atomic E-state index is 12.9. The molecule has 0 bridgehead atoms. The molecule has 1 N–H and O–H groups in total. The van der Waals surface area contributed by atoms with Crippen LogP contribution in [-0.2, 0) is 23.9 Å². The first kappa shape index (κ1) is 30.8. The van der Waals surface area contributed by atoms with Crippen molar-refractivity contribution in [2.24, 2.45) is 46.3 Å². The molecule has 0 aromatic carbocycles. The normalized spacial score (nSPS) is 40.9. The Hall–Kier alpha value is -1.43. The zero-order valence-corrected chi connectivity index (χ0v) is 24.1. The summed E-state index contributed by atoms with van der Waals surface area (Å²) in [6.07, 6.45) is 7.55. The van der Waals surface area contributed by atoms with Crippen LogP contribution in [0, 0.1) is 46.3 Å². The fourth-order valence-corrected chi connectivity index (χ4v) is 7.99. The zero-order valence-electron chi connectivity index (χ0n) is 24.1. The SMILES string of the molecule is CC.CC.CC(=O)OCC(=O)C1CCC2C(CC3OCC4(C)CCC(C(=O)O)CC34)C(C)CCC12C. The minimum Gasteiger partial charge on any atom is -0.481 e. The van der Waals surface area contributed by atoms with Crippen molar-refractivity contribution < 1.29 is 29.0 Å². The Kier molecular flexibility index (Phi) is 11.0. The Labute approximate surface area is 219 Å². The van der Waals surface area contributed by atoms with E-state index in [1.807, 2.05) is 27.7 Å². The smallest absolute Gasteiger partial charge is 0.306 e. The van der Waals surface area contributed by atoms with Gasteiger partial charge in [0.1, 0.15) is 6.61 Å². The third-order valence-corrected chi connectivity index (χ3v) is 10.0. The van der Waals surface area contributed by atoms with Crippen LogP contribution in [0.15, 0.2) is 0 Å². The number of carboxylic acid groups (broad SMARTS) is 1. The average molecular weight is 509 g/mol. The molecule has 9 unspecified atom stereocenters. The molecule has 4 rings (SSSR count). The molecule has 0 aromatic rings. The quantitative estimate of drug-likeness (QED) is 0.409. The van der Waals surface area contributed by atoms with Gasteiger partial charge >= 0.3 is 11.9 Å². The number of hydrogen-bond donors (Lipinski definition) is 1. The van der Waals surface area contributed by atoms with Crippen LogP contribution in [0.4, 0.5) is 0 Å². The summed E-state index contributed by atoms with van der Waals surface area (Å²) in [5.41, 5.74) is 0.0442. The van der Waals surface area contributed by atoms with Gasteiger partial charge in [0, 0.05) is 12.8 Å². The first-order valence-corrected chi connectivity index (χ1v) is 14.6. The molecule has 4 fully saturated rings. The molecule has 4 aliphatic rings. The molecule has 208 valence electrons. The van der Waals surface area contributed by atoms with Crippen LogP contribution in [0.2, 0.25) is 0 Å². The molecule has 3 aliphatic carbocycles. The number of hydrogen-bond acceptors (Lipinski definition) is 5. The van der Waals surface area contributed by atoms with Gasteiger partial charge in [-0.15, -0.1) is 0 Å². The molecule has 6 nitrogen and oxygen atoms in total. The Morgan fingerprint density at radius 1 is 0.972 bits per heavy atom. The van der Waals surface area contributed by atoms with E-state index in [4.69, 9.17) is 9.47 Å². The van der Waals surface area contributed by atoms with Gasteiger partial charge in [-0.3, -0.25) is 14.4 Å². The van der Waals surface area contributed by atoms with Gasteiger partial charge in [0.2, 0.25) is 0 Å². The van der Waals surface area contributed by atoms with Gasteiger partial charge in [-0.05, 0) is 85.9 Å². The van der Waals surface area contributed by atoms with E-state index < -0.39 is 11.9 Å². The molecule has 36 heavy (non-hydrogen) atoms. The number of Topliss-reactive ketones (excluding diaryl/α,β-unsaturated/α-hetero) is 1. The number of carbonyl (C=O) groups is 3. The Balaban J connectivity index is 0.00000109. The maximum Gasteiger partial charge on any atom is 0.306 e. The van der Waals surface area contributed by atoms with E-state index in [-0.39, 0.29) is 41.2 Å². The number of fused-ring (bicyclic) bond motifs is 2. The molecule has 6 heteroatoms. The topological polar surface area (TPSA) is 89.9 Å². The second-order valence-corrected chi connectivity index (χ2v) is 11.8. The molecule has 0 aromatic heterocycles. The molecule has 3 saturated carbocycles. The van der Waals surface area contributed by atoms with Gasteiger partial charge in [0.05, 0.1) is 18.6 Å². The highest BCUT2D eigenvalue weighted by Crippen LogP contribution is 2.61. The average Bonchev–Trinajstić information content (AvgIpc) is 3.38. The molecule has 1 saturated heterocycles. The number of ether oxygens (including phenoxy) is 2. The van der Waals surface area contributed by atoms with Crippen molar-refractivity contribution in [3.8, 4) is 0 Å². The molecule has 0 amide bonds. The Morgan fingerprint density at radius 3 is 2.25 bits per heavy atom. The number of rotatable bonds is 6. The fraction of sp³-hybridized carbons (Fsp3) is 0.900. The Morgan fingerprint density at radius 2 is 1.64 bits per heavy atom. The van der Waals surface area contributed by atoms with Crippen molar-refractivity contribution in [3.05, 3.63) is 0 Å². The minimum atomic E-state index is -0.666. The predicted molar refractivity (Wildman–Crippen MR) is 141 cm³/mol. The second-order valence-electron chi connectivity index (χ2n) is 11.8. The number of esters is 1. The van der Waals surface area contributed by atoms with Crippen molar-refractivity contribution in [1.82, 2.24) is 0 Å². The summed E-state index contributed by atoms with van der Waals surface area (Å²) in [5, 5.41) is 9.60. The second kappa shape index (κ2) is 12.9. The van der Waals surface area contributed by atoms with Crippen molar-refractivity contribution >= 4 is 17.7 Å². The van der Waals surface area contributed by atoms with Crippen LogP contribution in [0.3, 0.4) is 0 Å². The number of carbonyl (C=O) groups excluding carboxylic acids is 2. The standard InChI is InChI=1S/C26H40O6.2C2H6/c1-15-7-10-26(4)19(5-6-20(26)22(28)13-31-16(2)27)18(15)12-23-21-11-17(24(29)30)8-9-25(21,3)14-32-23;2*1-2/h15,17-21,23H,5-14H2,1-4H3,(H,29,30);2*1-2H3. The lowest BCUT2D eigenvalue weighted by molar-refractivity contribution is -0.149. The summed E-state index contributed by atoms with van der Waals surface area (Å²) in [6, 6.07) is 0. The van der Waals surface area contributed by atoms with Crippen LogP contribution in [0.25, 0.3) is 0 Å². The van der Waals surface area contributed by atoms with Crippen molar-refractivity contribution in [3.63, 3.8) is 0 Å². The molecule has 9 atom stereocenters. The lowest BCUT2D eigenvalue weighted by Gasteiger charge is -2.49. The third kappa shape index (κ3) is 6.16. The highest BCUT2D eigenvalue weighted by Gasteiger charge is 2.57. The van der Waals surface area contributed by atoms with E-state index in [9.17, 15) is 19.5 Å². The van der Waals surface area contributed by atoms with E-state index in [0.29, 0.717) is 23.7 Å². The molecule has 0 spiro atoms. The van der Waals surface area contributed by atoms with Crippen LogP contribution < -0.4 is 0 Å². The van der Waals surface area contributed by atoms with Crippen molar-refractivity contribution in [1.29, 1.82) is 0 Å². The lowest BCUT2D eigenvalue weighted by Crippen LogP contribution is -2.45. The molecular weight excluding hydrogens is 456 g/mol. The van der Waals surface area contributed by atoms with Gasteiger partial charge in [-0.2, -0.15) is 0 Å². The molecular formula is C30H52O6. The maximum absolute atomic E-state index is 12.9. The van der Waals surface area contributed by atoms with Crippen molar-refractivity contribution in [2.45, 2.75) is 113 Å². The summed E-state index contributed by atoms with van der Waals surface area (Å²) < 4.78 is 11.4. The first-order chi connectivity index (χ1) is 17.0. The van der Waals surface area contributed by atoms with Gasteiger partial charge in [-0.25, -0.2) is 0 Å². The zero-order chi connectivity index (χ0) is 27.3. The molecule has 1 heterocycles. The van der Waals surface area contributed by atoms with Crippen molar-refractivity contribution in [2.75, 3.05) is 13.2 Å². The minimum absolute atomic E-state index is 0.0392. The number of carboxylic acids is 1. The van der Waals surface area contributed by atoms with Gasteiger partial charge in [-0.1, -0.05) is 48.5 Å². The van der Waals surface area contributed by atoms with E-state index >= 15 is 0 Å². The van der Waals surface area contributed by atoms with Gasteiger partial charge < -0.3 is 14.6 Å². The van der Waals surface area contributed by atoms with Gasteiger partial charge in [0.25, 0.3) is 0 Å². The van der Waals surface area contributed by atoms with E-state index in [1.54, 1.807) is 0 Å². The summed E-state index contributed by atoms with van der Waals surface area (Å²) >= 11 is 0. The first-order valence-electron chi connectivity index (χ1n) is 14.6.